The first-order valence-corrected chi connectivity index (χ1v) is 5.32. The van der Waals surface area contributed by atoms with Crippen molar-refractivity contribution in [1.29, 1.82) is 0 Å². The summed E-state index contributed by atoms with van der Waals surface area (Å²) in [7, 11) is 1.70. The average molecular weight is 230 g/mol. The first-order chi connectivity index (χ1) is 8.11. The zero-order chi connectivity index (χ0) is 12.4. The highest BCUT2D eigenvalue weighted by molar-refractivity contribution is 6.06. The fourth-order valence-electron chi connectivity index (χ4n) is 1.69. The van der Waals surface area contributed by atoms with E-state index >= 15 is 0 Å². The Hall–Kier alpha value is -2.17. The van der Waals surface area contributed by atoms with Gasteiger partial charge in [-0.05, 0) is 26.0 Å². The van der Waals surface area contributed by atoms with E-state index in [1.807, 2.05) is 26.0 Å². The highest BCUT2D eigenvalue weighted by Crippen LogP contribution is 2.16. The van der Waals surface area contributed by atoms with Gasteiger partial charge in [-0.2, -0.15) is 5.10 Å². The average Bonchev–Trinajstić information content (AvgIpc) is 2.68. The summed E-state index contributed by atoms with van der Waals surface area (Å²) < 4.78 is 0. The molecule has 0 radical (unpaired) electrons. The predicted molar refractivity (Wildman–Crippen MR) is 65.0 cm³/mol. The van der Waals surface area contributed by atoms with Gasteiger partial charge < -0.3 is 0 Å². The maximum atomic E-state index is 12.3. The van der Waals surface area contributed by atoms with Gasteiger partial charge in [0.05, 0.1) is 11.3 Å². The van der Waals surface area contributed by atoms with Crippen molar-refractivity contribution in [2.75, 3.05) is 11.9 Å². The summed E-state index contributed by atoms with van der Waals surface area (Å²) in [5.74, 6) is 0.518. The van der Waals surface area contributed by atoms with Crippen LogP contribution >= 0.6 is 0 Å². The molecule has 0 fully saturated rings. The Morgan fingerprint density at radius 2 is 2.12 bits per heavy atom. The van der Waals surface area contributed by atoms with E-state index in [1.165, 1.54) is 4.90 Å². The number of H-pyrrole nitrogens is 1. The van der Waals surface area contributed by atoms with Crippen molar-refractivity contribution >= 4 is 11.7 Å². The van der Waals surface area contributed by atoms with Gasteiger partial charge in [0, 0.05) is 18.9 Å². The van der Waals surface area contributed by atoms with Gasteiger partial charge in [-0.25, -0.2) is 4.98 Å². The lowest BCUT2D eigenvalue weighted by atomic mass is 10.2. The van der Waals surface area contributed by atoms with Gasteiger partial charge in [0.15, 0.2) is 0 Å². The second-order valence-electron chi connectivity index (χ2n) is 3.86. The van der Waals surface area contributed by atoms with E-state index in [0.29, 0.717) is 17.1 Å². The third-order valence-corrected chi connectivity index (χ3v) is 2.64. The highest BCUT2D eigenvalue weighted by atomic mass is 16.2. The fraction of sp³-hybridized carbons (Fsp3) is 0.250. The fourth-order valence-corrected chi connectivity index (χ4v) is 1.69. The van der Waals surface area contributed by atoms with Gasteiger partial charge in [0.1, 0.15) is 5.82 Å². The molecule has 0 aliphatic heterocycles. The number of aromatic nitrogens is 3. The summed E-state index contributed by atoms with van der Waals surface area (Å²) >= 11 is 0. The summed E-state index contributed by atoms with van der Waals surface area (Å²) in [4.78, 5) is 17.9. The summed E-state index contributed by atoms with van der Waals surface area (Å²) in [5, 5.41) is 6.83. The third-order valence-electron chi connectivity index (χ3n) is 2.64. The molecule has 2 rings (SSSR count). The lowest BCUT2D eigenvalue weighted by Crippen LogP contribution is -2.27. The van der Waals surface area contributed by atoms with Crippen molar-refractivity contribution in [3.05, 3.63) is 41.3 Å². The van der Waals surface area contributed by atoms with E-state index in [1.54, 1.807) is 19.3 Å². The predicted octanol–water partition coefficient (Wildman–Crippen LogP) is 1.70. The maximum absolute atomic E-state index is 12.3. The first-order valence-electron chi connectivity index (χ1n) is 5.32. The standard InChI is InChI=1S/C12H14N4O/c1-8-11(9(2)15-14-8)12(17)16(3)10-6-4-5-7-13-10/h4-7H,1-3H3,(H,14,15). The van der Waals surface area contributed by atoms with Crippen LogP contribution < -0.4 is 4.90 Å². The van der Waals surface area contributed by atoms with Gasteiger partial charge in [-0.1, -0.05) is 6.07 Å². The number of nitrogens with one attached hydrogen (secondary N) is 1. The van der Waals surface area contributed by atoms with Crippen molar-refractivity contribution in [3.63, 3.8) is 0 Å². The van der Waals surface area contributed by atoms with Gasteiger partial charge in [0.2, 0.25) is 0 Å². The largest absolute Gasteiger partial charge is 0.296 e. The molecule has 2 aromatic heterocycles. The molecule has 0 saturated carbocycles. The minimum Gasteiger partial charge on any atom is -0.296 e. The highest BCUT2D eigenvalue weighted by Gasteiger charge is 2.20. The van der Waals surface area contributed by atoms with Gasteiger partial charge in [0.25, 0.3) is 5.91 Å². The second kappa shape index (κ2) is 4.37. The molecule has 2 aromatic rings. The molecule has 0 spiro atoms. The van der Waals surface area contributed by atoms with E-state index in [9.17, 15) is 4.79 Å². The van der Waals surface area contributed by atoms with E-state index < -0.39 is 0 Å². The number of aromatic amines is 1. The van der Waals surface area contributed by atoms with E-state index in [0.717, 1.165) is 5.69 Å². The molecule has 5 nitrogen and oxygen atoms in total. The SMILES string of the molecule is Cc1n[nH]c(C)c1C(=O)N(C)c1ccccn1. The van der Waals surface area contributed by atoms with Crippen molar-refractivity contribution in [2.45, 2.75) is 13.8 Å². The molecule has 88 valence electrons. The molecule has 0 aliphatic carbocycles. The number of carbonyl (C=O) groups excluding carboxylic acids is 1. The third kappa shape index (κ3) is 2.04. The lowest BCUT2D eigenvalue weighted by Gasteiger charge is -2.15. The lowest BCUT2D eigenvalue weighted by molar-refractivity contribution is 0.0991. The normalized spacial score (nSPS) is 10.3. The monoisotopic (exact) mass is 230 g/mol. The molecule has 0 atom stereocenters. The van der Waals surface area contributed by atoms with Crippen molar-refractivity contribution in [3.8, 4) is 0 Å². The van der Waals surface area contributed by atoms with Crippen LogP contribution in [0.15, 0.2) is 24.4 Å². The van der Waals surface area contributed by atoms with Crippen molar-refractivity contribution in [1.82, 2.24) is 15.2 Å². The van der Waals surface area contributed by atoms with E-state index in [4.69, 9.17) is 0 Å². The zero-order valence-electron chi connectivity index (χ0n) is 10.1. The van der Waals surface area contributed by atoms with Crippen LogP contribution in [0, 0.1) is 13.8 Å². The Kier molecular flexibility index (Phi) is 2.91. The molecule has 1 N–H and O–H groups in total. The van der Waals surface area contributed by atoms with Crippen LogP contribution in [0.4, 0.5) is 5.82 Å². The number of carbonyl (C=O) groups is 1. The smallest absolute Gasteiger partial charge is 0.262 e. The Labute approximate surface area is 99.5 Å². The molecule has 0 saturated heterocycles. The zero-order valence-corrected chi connectivity index (χ0v) is 10.1. The maximum Gasteiger partial charge on any atom is 0.262 e. The Morgan fingerprint density at radius 1 is 1.35 bits per heavy atom. The molecule has 0 aromatic carbocycles. The molecule has 0 bridgehead atoms. The van der Waals surface area contributed by atoms with Gasteiger partial charge in [-0.3, -0.25) is 14.8 Å². The van der Waals surface area contributed by atoms with E-state index in [2.05, 4.69) is 15.2 Å². The number of nitrogens with zero attached hydrogens (tertiary/aromatic N) is 3. The number of hydrogen-bond acceptors (Lipinski definition) is 3. The van der Waals surface area contributed by atoms with Crippen LogP contribution in [0.25, 0.3) is 0 Å². The van der Waals surface area contributed by atoms with Crippen molar-refractivity contribution in [2.24, 2.45) is 0 Å². The first kappa shape index (κ1) is 11.3. The van der Waals surface area contributed by atoms with Crippen LogP contribution in [0.2, 0.25) is 0 Å². The Bertz CT molecular complexity index is 513. The Balaban J connectivity index is 2.33. The van der Waals surface area contributed by atoms with Crippen LogP contribution in [-0.4, -0.2) is 28.1 Å². The van der Waals surface area contributed by atoms with E-state index in [-0.39, 0.29) is 5.91 Å². The summed E-state index contributed by atoms with van der Waals surface area (Å²) in [6.45, 7) is 3.64. The number of aryl methyl sites for hydroxylation is 2. The van der Waals surface area contributed by atoms with Crippen LogP contribution in [0.1, 0.15) is 21.7 Å². The second-order valence-corrected chi connectivity index (χ2v) is 3.86. The number of pyridine rings is 1. The van der Waals surface area contributed by atoms with Crippen LogP contribution in [0.5, 0.6) is 0 Å². The summed E-state index contributed by atoms with van der Waals surface area (Å²) in [6.07, 6.45) is 1.66. The molecule has 2 heterocycles. The molecular formula is C12H14N4O. The topological polar surface area (TPSA) is 61.9 Å². The van der Waals surface area contributed by atoms with Gasteiger partial charge >= 0.3 is 0 Å². The number of hydrogen-bond donors (Lipinski definition) is 1. The van der Waals surface area contributed by atoms with Crippen LogP contribution in [0.3, 0.4) is 0 Å². The van der Waals surface area contributed by atoms with Crippen molar-refractivity contribution < 1.29 is 4.79 Å². The summed E-state index contributed by atoms with van der Waals surface area (Å²) in [5.41, 5.74) is 2.09. The van der Waals surface area contributed by atoms with Gasteiger partial charge in [-0.15, -0.1) is 0 Å². The minimum absolute atomic E-state index is 0.104. The molecule has 0 unspecified atom stereocenters. The minimum atomic E-state index is -0.104. The summed E-state index contributed by atoms with van der Waals surface area (Å²) in [6, 6.07) is 5.46. The molecule has 0 aliphatic rings. The Morgan fingerprint density at radius 3 is 2.65 bits per heavy atom. The van der Waals surface area contributed by atoms with Crippen LogP contribution in [-0.2, 0) is 0 Å². The molecule has 5 heteroatoms. The molecule has 1 amide bonds. The number of amides is 1. The quantitative estimate of drug-likeness (QED) is 0.854. The number of rotatable bonds is 2. The molecule has 17 heavy (non-hydrogen) atoms. The molecular weight excluding hydrogens is 216 g/mol. The number of anilines is 1.